The van der Waals surface area contributed by atoms with Crippen molar-refractivity contribution in [2.24, 2.45) is 11.8 Å². The van der Waals surface area contributed by atoms with E-state index in [1.54, 1.807) is 14.2 Å². The molecule has 0 saturated carbocycles. The fraction of sp³-hybridized carbons (Fsp3) is 0.583. The number of carbonyl (C=O) groups excluding carboxylic acids is 1. The van der Waals surface area contributed by atoms with Crippen LogP contribution in [0, 0.1) is 11.8 Å². The maximum Gasteiger partial charge on any atom is 0.171 e. The summed E-state index contributed by atoms with van der Waals surface area (Å²) < 4.78 is 16.1. The molecule has 4 nitrogen and oxygen atoms in total. The lowest BCUT2D eigenvalue weighted by Crippen LogP contribution is -2.26. The van der Waals surface area contributed by atoms with E-state index in [1.807, 2.05) is 12.2 Å². The summed E-state index contributed by atoms with van der Waals surface area (Å²) in [5.74, 6) is 0.863. The van der Waals surface area contributed by atoms with Gasteiger partial charge in [0.2, 0.25) is 0 Å². The largest absolute Gasteiger partial charge is 0.500 e. The van der Waals surface area contributed by atoms with Crippen LogP contribution in [0.5, 0.6) is 0 Å². The van der Waals surface area contributed by atoms with Gasteiger partial charge in [0, 0.05) is 7.11 Å². The summed E-state index contributed by atoms with van der Waals surface area (Å²) in [7, 11) is 3.20. The minimum atomic E-state index is -0.0879. The highest BCUT2D eigenvalue weighted by Gasteiger charge is 2.57. The van der Waals surface area contributed by atoms with Gasteiger partial charge in [0.1, 0.15) is 5.76 Å². The molecular formula is C12H14O4. The molecule has 2 bridgehead atoms. The van der Waals surface area contributed by atoms with Crippen molar-refractivity contribution in [1.29, 1.82) is 0 Å². The summed E-state index contributed by atoms with van der Waals surface area (Å²) in [6, 6.07) is 0. The van der Waals surface area contributed by atoms with Crippen molar-refractivity contribution in [2.75, 3.05) is 20.8 Å². The van der Waals surface area contributed by atoms with Gasteiger partial charge in [-0.1, -0.05) is 12.2 Å². The second-order valence-corrected chi connectivity index (χ2v) is 4.35. The Morgan fingerprint density at radius 1 is 1.25 bits per heavy atom. The molecule has 0 spiro atoms. The van der Waals surface area contributed by atoms with Crippen LogP contribution in [0.15, 0.2) is 23.5 Å². The van der Waals surface area contributed by atoms with Gasteiger partial charge < -0.3 is 14.2 Å². The normalized spacial score (nSPS) is 39.8. The molecule has 0 amide bonds. The number of Topliss-reactive ketones (excluding diaryl/α,β-unsaturated/α-hetero) is 1. The molecule has 4 atom stereocenters. The predicted molar refractivity (Wildman–Crippen MR) is 55.7 cm³/mol. The third kappa shape index (κ3) is 1.09. The zero-order valence-corrected chi connectivity index (χ0v) is 9.30. The maximum absolute atomic E-state index is 12.2. The van der Waals surface area contributed by atoms with Crippen LogP contribution in [-0.4, -0.2) is 38.8 Å². The average Bonchev–Trinajstić information content (AvgIpc) is 2.93. The molecule has 0 N–H and O–H groups in total. The van der Waals surface area contributed by atoms with Crippen molar-refractivity contribution < 1.29 is 19.0 Å². The van der Waals surface area contributed by atoms with E-state index in [2.05, 4.69) is 0 Å². The van der Waals surface area contributed by atoms with Crippen LogP contribution < -0.4 is 0 Å². The van der Waals surface area contributed by atoms with Crippen LogP contribution in [0.3, 0.4) is 0 Å². The first-order valence-corrected chi connectivity index (χ1v) is 5.42. The molecule has 2 heterocycles. The fourth-order valence-electron chi connectivity index (χ4n) is 3.00. The summed E-state index contributed by atoms with van der Waals surface area (Å²) in [5, 5.41) is 0. The van der Waals surface area contributed by atoms with E-state index in [0.717, 1.165) is 5.76 Å². The molecule has 16 heavy (non-hydrogen) atoms. The highest BCUT2D eigenvalue weighted by molar-refractivity contribution is 6.02. The van der Waals surface area contributed by atoms with E-state index >= 15 is 0 Å². The molecule has 2 aliphatic heterocycles. The third-order valence-electron chi connectivity index (χ3n) is 3.61. The lowest BCUT2D eigenvalue weighted by molar-refractivity contribution is -0.120. The van der Waals surface area contributed by atoms with Crippen molar-refractivity contribution in [3.8, 4) is 0 Å². The first-order chi connectivity index (χ1) is 7.77. The van der Waals surface area contributed by atoms with Crippen molar-refractivity contribution >= 4 is 5.78 Å². The monoisotopic (exact) mass is 222 g/mol. The van der Waals surface area contributed by atoms with E-state index in [1.165, 1.54) is 0 Å². The van der Waals surface area contributed by atoms with Gasteiger partial charge in [0.05, 0.1) is 43.3 Å². The lowest BCUT2D eigenvalue weighted by Gasteiger charge is -2.17. The molecule has 0 unspecified atom stereocenters. The standard InChI is InChI=1S/C12H14O4/c1-14-5-6-11(13)9-7-3-4-8(16-7)10(9)12(6)15-2/h3-4,7-10H,5H2,1-2H3/t7-,8+,9-,10+/m0/s1. The van der Waals surface area contributed by atoms with Crippen LogP contribution in [0.2, 0.25) is 0 Å². The Balaban J connectivity index is 2.00. The summed E-state index contributed by atoms with van der Waals surface area (Å²) in [5.41, 5.74) is 0.682. The second kappa shape index (κ2) is 3.43. The second-order valence-electron chi connectivity index (χ2n) is 4.35. The Kier molecular flexibility index (Phi) is 2.16. The Bertz CT molecular complexity index is 396. The quantitative estimate of drug-likeness (QED) is 0.659. The fourth-order valence-corrected chi connectivity index (χ4v) is 3.00. The van der Waals surface area contributed by atoms with Crippen molar-refractivity contribution in [3.05, 3.63) is 23.5 Å². The summed E-state index contributed by atoms with van der Waals surface area (Å²) in [4.78, 5) is 12.2. The topological polar surface area (TPSA) is 44.8 Å². The van der Waals surface area contributed by atoms with Gasteiger partial charge in [-0.2, -0.15) is 0 Å². The molecule has 1 fully saturated rings. The Hall–Kier alpha value is -1.13. The molecule has 1 saturated heterocycles. The number of hydrogen-bond acceptors (Lipinski definition) is 4. The van der Waals surface area contributed by atoms with Gasteiger partial charge in [-0.05, 0) is 0 Å². The minimum absolute atomic E-state index is 0.00301. The van der Waals surface area contributed by atoms with Crippen LogP contribution in [0.25, 0.3) is 0 Å². The first kappa shape index (κ1) is 10.1. The van der Waals surface area contributed by atoms with Gasteiger partial charge in [0.25, 0.3) is 0 Å². The highest BCUT2D eigenvalue weighted by Crippen LogP contribution is 2.49. The average molecular weight is 222 g/mol. The van der Waals surface area contributed by atoms with Gasteiger partial charge >= 0.3 is 0 Å². The van der Waals surface area contributed by atoms with E-state index in [4.69, 9.17) is 14.2 Å². The van der Waals surface area contributed by atoms with Gasteiger partial charge in [-0.15, -0.1) is 0 Å². The highest BCUT2D eigenvalue weighted by atomic mass is 16.5. The van der Waals surface area contributed by atoms with Gasteiger partial charge in [-0.3, -0.25) is 4.79 Å². The number of fused-ring (bicyclic) bond motifs is 5. The molecule has 0 aromatic rings. The SMILES string of the molecule is COCC1=C(OC)[C@H]2[C@@H](C1=O)[C@@H]1C=C[C@H]2O1. The number of rotatable bonds is 3. The Morgan fingerprint density at radius 3 is 2.56 bits per heavy atom. The molecule has 0 aromatic carbocycles. The summed E-state index contributed by atoms with van der Waals surface area (Å²) in [6.45, 7) is 0.328. The summed E-state index contributed by atoms with van der Waals surface area (Å²) in [6.07, 6.45) is 3.94. The van der Waals surface area contributed by atoms with E-state index < -0.39 is 0 Å². The van der Waals surface area contributed by atoms with Crippen molar-refractivity contribution in [3.63, 3.8) is 0 Å². The number of hydrogen-bond donors (Lipinski definition) is 0. The van der Waals surface area contributed by atoms with E-state index in [9.17, 15) is 4.79 Å². The maximum atomic E-state index is 12.2. The smallest absolute Gasteiger partial charge is 0.171 e. The number of ether oxygens (including phenoxy) is 3. The van der Waals surface area contributed by atoms with Crippen LogP contribution in [-0.2, 0) is 19.0 Å². The zero-order chi connectivity index (χ0) is 11.3. The van der Waals surface area contributed by atoms with E-state index in [0.29, 0.717) is 12.2 Å². The molecular weight excluding hydrogens is 208 g/mol. The van der Waals surface area contributed by atoms with Gasteiger partial charge in [-0.25, -0.2) is 0 Å². The Labute approximate surface area is 93.9 Å². The molecule has 3 rings (SSSR count). The lowest BCUT2D eigenvalue weighted by atomic mass is 9.84. The summed E-state index contributed by atoms with van der Waals surface area (Å²) >= 11 is 0. The predicted octanol–water partition coefficient (Wildman–Crippen LogP) is 0.686. The van der Waals surface area contributed by atoms with Crippen LogP contribution in [0.4, 0.5) is 0 Å². The molecule has 1 aliphatic carbocycles. The molecule has 0 aromatic heterocycles. The van der Waals surface area contributed by atoms with E-state index in [-0.39, 0.29) is 29.8 Å². The molecule has 4 heteroatoms. The Morgan fingerprint density at radius 2 is 1.94 bits per heavy atom. The van der Waals surface area contributed by atoms with Crippen molar-refractivity contribution in [1.82, 2.24) is 0 Å². The number of carbonyl (C=O) groups is 1. The van der Waals surface area contributed by atoms with Crippen LogP contribution >= 0.6 is 0 Å². The minimum Gasteiger partial charge on any atom is -0.500 e. The van der Waals surface area contributed by atoms with Gasteiger partial charge in [0.15, 0.2) is 5.78 Å². The molecule has 86 valence electrons. The molecule has 3 aliphatic rings. The number of ketones is 1. The van der Waals surface area contributed by atoms with Crippen molar-refractivity contribution in [2.45, 2.75) is 12.2 Å². The van der Waals surface area contributed by atoms with Crippen LogP contribution in [0.1, 0.15) is 0 Å². The number of methoxy groups -OCH3 is 2. The molecule has 0 radical (unpaired) electrons. The zero-order valence-electron chi connectivity index (χ0n) is 9.30. The third-order valence-corrected chi connectivity index (χ3v) is 3.61. The first-order valence-electron chi connectivity index (χ1n) is 5.42.